The zero-order valence-corrected chi connectivity index (χ0v) is 16.2. The van der Waals surface area contributed by atoms with Crippen molar-refractivity contribution in [3.8, 4) is 11.1 Å². The van der Waals surface area contributed by atoms with Gasteiger partial charge >= 0.3 is 0 Å². The summed E-state index contributed by atoms with van der Waals surface area (Å²) in [5.74, 6) is 2.28. The molecule has 1 aromatic heterocycles. The molecule has 0 aliphatic carbocycles. The predicted octanol–water partition coefficient (Wildman–Crippen LogP) is 5.74. The van der Waals surface area contributed by atoms with Gasteiger partial charge in [-0.2, -0.15) is 0 Å². The van der Waals surface area contributed by atoms with Crippen LogP contribution >= 0.6 is 0 Å². The van der Waals surface area contributed by atoms with Crippen LogP contribution < -0.4 is 0 Å². The van der Waals surface area contributed by atoms with Crippen LogP contribution in [0.4, 0.5) is 0 Å². The largest absolute Gasteiger partial charge is 0.297 e. The van der Waals surface area contributed by atoms with Crippen molar-refractivity contribution in [1.29, 1.82) is 0 Å². The number of hydrogen-bond acceptors (Lipinski definition) is 2. The summed E-state index contributed by atoms with van der Waals surface area (Å²) in [5, 5.41) is 0. The Kier molecular flexibility index (Phi) is 5.90. The summed E-state index contributed by atoms with van der Waals surface area (Å²) in [6.07, 6.45) is 4.70. The van der Waals surface area contributed by atoms with Gasteiger partial charge in [0.05, 0.1) is 5.69 Å². The van der Waals surface area contributed by atoms with E-state index in [4.69, 9.17) is 4.98 Å². The van der Waals surface area contributed by atoms with Crippen LogP contribution in [-0.2, 0) is 6.54 Å². The van der Waals surface area contributed by atoms with Crippen molar-refractivity contribution >= 4 is 0 Å². The number of rotatable bonds is 5. The van der Waals surface area contributed by atoms with Gasteiger partial charge in [-0.1, -0.05) is 58.0 Å². The Bertz CT molecular complexity index is 665. The Morgan fingerprint density at radius 2 is 1.76 bits per heavy atom. The highest BCUT2D eigenvalue weighted by Gasteiger charge is 2.21. The number of pyridine rings is 1. The third kappa shape index (κ3) is 4.70. The van der Waals surface area contributed by atoms with E-state index in [9.17, 15) is 0 Å². The van der Waals surface area contributed by atoms with Crippen LogP contribution in [0.15, 0.2) is 42.6 Å². The third-order valence-electron chi connectivity index (χ3n) is 5.67. The van der Waals surface area contributed by atoms with Gasteiger partial charge in [-0.15, -0.1) is 0 Å². The van der Waals surface area contributed by atoms with Crippen molar-refractivity contribution in [3.63, 3.8) is 0 Å². The minimum Gasteiger partial charge on any atom is -0.297 e. The molecule has 0 bridgehead atoms. The molecule has 1 fully saturated rings. The average Bonchev–Trinajstić information content (AvgIpc) is 2.63. The highest BCUT2D eigenvalue weighted by Crippen LogP contribution is 2.26. The lowest BCUT2D eigenvalue weighted by atomic mass is 9.87. The first-order valence-electron chi connectivity index (χ1n) is 9.80. The van der Waals surface area contributed by atoms with E-state index in [0.29, 0.717) is 5.92 Å². The van der Waals surface area contributed by atoms with Crippen LogP contribution in [-0.4, -0.2) is 23.0 Å². The van der Waals surface area contributed by atoms with E-state index in [0.717, 1.165) is 18.4 Å². The van der Waals surface area contributed by atoms with E-state index in [1.165, 1.54) is 48.3 Å². The Morgan fingerprint density at radius 1 is 1.00 bits per heavy atom. The standard InChI is InChI=1S/C23H32N2/c1-17(2)19-10-12-25(13-11-19)16-23-9-8-22(15-24-23)21-7-5-6-20(14-21)18(3)4/h5-9,14-15,17-19H,10-13,16H2,1-4H3. The van der Waals surface area contributed by atoms with Crippen LogP contribution in [0.3, 0.4) is 0 Å². The highest BCUT2D eigenvalue weighted by molar-refractivity contribution is 5.63. The Morgan fingerprint density at radius 3 is 2.36 bits per heavy atom. The van der Waals surface area contributed by atoms with Crippen LogP contribution in [0, 0.1) is 11.8 Å². The lowest BCUT2D eigenvalue weighted by molar-refractivity contribution is 0.150. The molecule has 1 aromatic carbocycles. The molecule has 0 spiro atoms. The SMILES string of the molecule is CC(C)c1cccc(-c2ccc(CN3CCC(C(C)C)CC3)nc2)c1. The smallest absolute Gasteiger partial charge is 0.0544 e. The van der Waals surface area contributed by atoms with Crippen molar-refractivity contribution in [2.75, 3.05) is 13.1 Å². The summed E-state index contributed by atoms with van der Waals surface area (Å²) in [5.41, 5.74) is 5.05. The van der Waals surface area contributed by atoms with Crippen molar-refractivity contribution in [3.05, 3.63) is 53.9 Å². The quantitative estimate of drug-likeness (QED) is 0.692. The summed E-state index contributed by atoms with van der Waals surface area (Å²) in [6, 6.07) is 13.3. The molecule has 0 radical (unpaired) electrons. The maximum atomic E-state index is 4.74. The molecule has 25 heavy (non-hydrogen) atoms. The molecule has 1 aliphatic heterocycles. The molecule has 1 saturated heterocycles. The van der Waals surface area contributed by atoms with E-state index < -0.39 is 0 Å². The first-order chi connectivity index (χ1) is 12.0. The molecule has 2 heteroatoms. The molecule has 0 saturated carbocycles. The number of likely N-dealkylation sites (tertiary alicyclic amines) is 1. The summed E-state index contributed by atoms with van der Waals surface area (Å²) in [4.78, 5) is 7.29. The fraction of sp³-hybridized carbons (Fsp3) is 0.522. The Balaban J connectivity index is 1.62. The molecule has 0 amide bonds. The van der Waals surface area contributed by atoms with Gasteiger partial charge in [-0.25, -0.2) is 0 Å². The summed E-state index contributed by atoms with van der Waals surface area (Å²) < 4.78 is 0. The average molecular weight is 337 g/mol. The molecule has 3 rings (SSSR count). The molecular formula is C23H32N2. The van der Waals surface area contributed by atoms with Crippen molar-refractivity contribution in [2.24, 2.45) is 11.8 Å². The molecule has 0 atom stereocenters. The fourth-order valence-electron chi connectivity index (χ4n) is 3.77. The zero-order chi connectivity index (χ0) is 17.8. The number of benzene rings is 1. The summed E-state index contributed by atoms with van der Waals surface area (Å²) in [6.45, 7) is 12.6. The molecular weight excluding hydrogens is 304 g/mol. The minimum absolute atomic E-state index is 0.556. The monoisotopic (exact) mass is 336 g/mol. The number of hydrogen-bond donors (Lipinski definition) is 0. The van der Waals surface area contributed by atoms with E-state index >= 15 is 0 Å². The number of nitrogens with zero attached hydrogens (tertiary/aromatic N) is 2. The second-order valence-corrected chi connectivity index (χ2v) is 8.18. The van der Waals surface area contributed by atoms with Crippen LogP contribution in [0.1, 0.15) is 57.7 Å². The van der Waals surface area contributed by atoms with Gasteiger partial charge in [-0.3, -0.25) is 9.88 Å². The van der Waals surface area contributed by atoms with E-state index in [1.54, 1.807) is 0 Å². The Labute approximate surface area is 153 Å². The van der Waals surface area contributed by atoms with E-state index in [1.807, 2.05) is 6.20 Å². The summed E-state index contributed by atoms with van der Waals surface area (Å²) >= 11 is 0. The first kappa shape index (κ1) is 18.1. The minimum atomic E-state index is 0.556. The summed E-state index contributed by atoms with van der Waals surface area (Å²) in [7, 11) is 0. The normalized spacial score (nSPS) is 16.7. The van der Waals surface area contributed by atoms with Gasteiger partial charge < -0.3 is 0 Å². The van der Waals surface area contributed by atoms with Crippen LogP contribution in [0.5, 0.6) is 0 Å². The van der Waals surface area contributed by atoms with Gasteiger partial charge in [0, 0.05) is 18.3 Å². The molecule has 0 unspecified atom stereocenters. The highest BCUT2D eigenvalue weighted by atomic mass is 15.1. The van der Waals surface area contributed by atoms with Crippen molar-refractivity contribution < 1.29 is 0 Å². The first-order valence-corrected chi connectivity index (χ1v) is 9.80. The molecule has 2 aromatic rings. The van der Waals surface area contributed by atoms with Gasteiger partial charge in [0.15, 0.2) is 0 Å². The molecule has 1 aliphatic rings. The topological polar surface area (TPSA) is 16.1 Å². The van der Waals surface area contributed by atoms with Gasteiger partial charge in [-0.05, 0) is 60.9 Å². The number of aromatic nitrogens is 1. The van der Waals surface area contributed by atoms with Crippen molar-refractivity contribution in [2.45, 2.75) is 53.0 Å². The maximum Gasteiger partial charge on any atom is 0.0544 e. The molecule has 0 N–H and O–H groups in total. The van der Waals surface area contributed by atoms with Crippen LogP contribution in [0.2, 0.25) is 0 Å². The van der Waals surface area contributed by atoms with Gasteiger partial charge in [0.2, 0.25) is 0 Å². The second kappa shape index (κ2) is 8.14. The lowest BCUT2D eigenvalue weighted by Gasteiger charge is -2.33. The molecule has 2 heterocycles. The van der Waals surface area contributed by atoms with Gasteiger partial charge in [0.1, 0.15) is 0 Å². The van der Waals surface area contributed by atoms with E-state index in [2.05, 4.69) is 69.0 Å². The maximum absolute atomic E-state index is 4.74. The lowest BCUT2D eigenvalue weighted by Crippen LogP contribution is -2.34. The molecule has 2 nitrogen and oxygen atoms in total. The molecule has 134 valence electrons. The van der Waals surface area contributed by atoms with E-state index in [-0.39, 0.29) is 0 Å². The van der Waals surface area contributed by atoms with Crippen molar-refractivity contribution in [1.82, 2.24) is 9.88 Å². The third-order valence-corrected chi connectivity index (χ3v) is 5.67. The van der Waals surface area contributed by atoms with Gasteiger partial charge in [0.25, 0.3) is 0 Å². The fourth-order valence-corrected chi connectivity index (χ4v) is 3.77. The zero-order valence-electron chi connectivity index (χ0n) is 16.2. The Hall–Kier alpha value is -1.67. The van der Waals surface area contributed by atoms with Crippen LogP contribution in [0.25, 0.3) is 11.1 Å². The predicted molar refractivity (Wildman–Crippen MR) is 107 cm³/mol. The second-order valence-electron chi connectivity index (χ2n) is 8.18. The number of piperidine rings is 1.